The summed E-state index contributed by atoms with van der Waals surface area (Å²) in [6.07, 6.45) is 6.35. The fourth-order valence-electron chi connectivity index (χ4n) is 1.12. The predicted octanol–water partition coefficient (Wildman–Crippen LogP) is 0.283. The highest BCUT2D eigenvalue weighted by Crippen LogP contribution is 1.91. The number of hydrogen-bond donors (Lipinski definition) is 0. The normalized spacial score (nSPS) is 10.7. The van der Waals surface area contributed by atoms with Gasteiger partial charge in [-0.1, -0.05) is 18.7 Å². The first kappa shape index (κ1) is 10.2. The van der Waals surface area contributed by atoms with E-state index in [0.29, 0.717) is 5.56 Å². The molecule has 0 aliphatic carbocycles. The van der Waals surface area contributed by atoms with Crippen LogP contribution in [0.2, 0.25) is 0 Å². The number of hydrogen-bond acceptors (Lipinski definition) is 2. The molecule has 0 unspecified atom stereocenters. The molecule has 0 atom stereocenters. The summed E-state index contributed by atoms with van der Waals surface area (Å²) in [6.45, 7) is 3.50. The van der Waals surface area contributed by atoms with E-state index in [1.165, 1.54) is 17.8 Å². The molecule has 0 aliphatic rings. The molecule has 0 amide bonds. The lowest BCUT2D eigenvalue weighted by atomic mass is 10.3. The minimum absolute atomic E-state index is 0.300. The summed E-state index contributed by atoms with van der Waals surface area (Å²) in [5.74, 6) is 0. The molecule has 0 bridgehead atoms. The zero-order chi connectivity index (χ0) is 10.7. The smallest absolute Gasteiger partial charge is 0.303 e. The van der Waals surface area contributed by atoms with Crippen LogP contribution >= 0.6 is 0 Å². The molecule has 0 radical (unpaired) electrons. The van der Waals surface area contributed by atoms with Gasteiger partial charge < -0.3 is 4.57 Å². The van der Waals surface area contributed by atoms with Gasteiger partial charge in [0.25, 0.3) is 5.56 Å². The minimum Gasteiger partial charge on any atom is -0.303 e. The maximum absolute atomic E-state index is 11.5. The second kappa shape index (κ2) is 3.91. The molecular weight excluding hydrogens is 180 g/mol. The molecule has 0 aliphatic heterocycles. The highest BCUT2D eigenvalue weighted by molar-refractivity contribution is 5.48. The number of rotatable bonds is 2. The van der Waals surface area contributed by atoms with Crippen LogP contribution in [0.5, 0.6) is 0 Å². The Kier molecular flexibility index (Phi) is 2.86. The van der Waals surface area contributed by atoms with E-state index in [-0.39, 0.29) is 11.2 Å². The van der Waals surface area contributed by atoms with Crippen LogP contribution in [0.15, 0.2) is 34.5 Å². The Morgan fingerprint density at radius 3 is 2.57 bits per heavy atom. The third-order valence-corrected chi connectivity index (χ3v) is 1.88. The van der Waals surface area contributed by atoms with Crippen LogP contribution in [0.25, 0.3) is 6.08 Å². The molecule has 4 nitrogen and oxygen atoms in total. The molecular formula is C10H12N2O2. The number of aryl methyl sites for hydroxylation is 1. The van der Waals surface area contributed by atoms with Crippen molar-refractivity contribution in [1.29, 1.82) is 0 Å². The van der Waals surface area contributed by atoms with E-state index < -0.39 is 0 Å². The largest absolute Gasteiger partial charge is 0.330 e. The van der Waals surface area contributed by atoms with E-state index in [1.807, 2.05) is 0 Å². The van der Waals surface area contributed by atoms with Gasteiger partial charge in [0.2, 0.25) is 0 Å². The Hall–Kier alpha value is -1.84. The van der Waals surface area contributed by atoms with Crippen LogP contribution in [0, 0.1) is 0 Å². The average Bonchev–Trinajstić information content (AvgIpc) is 2.18. The van der Waals surface area contributed by atoms with Crippen LogP contribution in [0.3, 0.4) is 0 Å². The Bertz CT molecular complexity index is 492. The van der Waals surface area contributed by atoms with Crippen LogP contribution < -0.4 is 11.2 Å². The van der Waals surface area contributed by atoms with Crippen LogP contribution in [0.1, 0.15) is 5.56 Å². The number of aromatic nitrogens is 2. The molecule has 1 heterocycles. The highest BCUT2D eigenvalue weighted by Gasteiger charge is 2.02. The summed E-state index contributed by atoms with van der Waals surface area (Å²) in [7, 11) is 3.06. The Balaban J connectivity index is 3.48. The van der Waals surface area contributed by atoms with Gasteiger partial charge in [0.1, 0.15) is 0 Å². The van der Waals surface area contributed by atoms with Gasteiger partial charge in [0.15, 0.2) is 0 Å². The highest BCUT2D eigenvalue weighted by atomic mass is 16.2. The maximum Gasteiger partial charge on any atom is 0.330 e. The Morgan fingerprint density at radius 1 is 1.36 bits per heavy atom. The van der Waals surface area contributed by atoms with Crippen molar-refractivity contribution < 1.29 is 0 Å². The summed E-state index contributed by atoms with van der Waals surface area (Å²) in [6, 6.07) is 0. The van der Waals surface area contributed by atoms with Crippen molar-refractivity contribution >= 4 is 6.08 Å². The van der Waals surface area contributed by atoms with Crippen molar-refractivity contribution in [1.82, 2.24) is 9.13 Å². The van der Waals surface area contributed by atoms with Gasteiger partial charge in [-0.3, -0.25) is 9.36 Å². The fraction of sp³-hybridized carbons (Fsp3) is 0.200. The first-order valence-corrected chi connectivity index (χ1v) is 4.13. The lowest BCUT2D eigenvalue weighted by molar-refractivity contribution is 0.683. The molecule has 1 aromatic heterocycles. The van der Waals surface area contributed by atoms with Crippen LogP contribution in [-0.4, -0.2) is 9.13 Å². The van der Waals surface area contributed by atoms with Gasteiger partial charge in [-0.2, -0.15) is 0 Å². The van der Waals surface area contributed by atoms with E-state index >= 15 is 0 Å². The number of allylic oxidation sites excluding steroid dienone is 2. The standard InChI is InChI=1S/C10H12N2O2/c1-4-5-6-8-7-11(2)10(14)12(3)9(8)13/h4-7H,1H2,2-3H3/b6-5+. The van der Waals surface area contributed by atoms with Crippen LogP contribution in [-0.2, 0) is 14.1 Å². The average molecular weight is 192 g/mol. The molecule has 74 valence electrons. The molecule has 14 heavy (non-hydrogen) atoms. The summed E-state index contributed by atoms with van der Waals surface area (Å²) < 4.78 is 2.44. The van der Waals surface area contributed by atoms with E-state index in [9.17, 15) is 9.59 Å². The predicted molar refractivity (Wildman–Crippen MR) is 56.2 cm³/mol. The molecule has 0 saturated heterocycles. The lowest BCUT2D eigenvalue weighted by Gasteiger charge is -2.02. The first-order chi connectivity index (χ1) is 6.57. The van der Waals surface area contributed by atoms with Crippen molar-refractivity contribution in [3.63, 3.8) is 0 Å². The van der Waals surface area contributed by atoms with Crippen LogP contribution in [0.4, 0.5) is 0 Å². The fourth-order valence-corrected chi connectivity index (χ4v) is 1.12. The monoisotopic (exact) mass is 192 g/mol. The summed E-state index contributed by atoms with van der Waals surface area (Å²) in [5, 5.41) is 0. The van der Waals surface area contributed by atoms with E-state index in [4.69, 9.17) is 0 Å². The zero-order valence-electron chi connectivity index (χ0n) is 8.23. The topological polar surface area (TPSA) is 44.0 Å². The Morgan fingerprint density at radius 2 is 2.00 bits per heavy atom. The van der Waals surface area contributed by atoms with Gasteiger partial charge in [0.05, 0.1) is 5.56 Å². The molecule has 4 heteroatoms. The molecule has 0 saturated carbocycles. The summed E-state index contributed by atoms with van der Waals surface area (Å²) in [5.41, 5.74) is -0.161. The SMILES string of the molecule is C=C/C=C/c1cn(C)c(=O)n(C)c1=O. The van der Waals surface area contributed by atoms with Crippen molar-refractivity contribution in [2.75, 3.05) is 0 Å². The second-order valence-electron chi connectivity index (χ2n) is 2.94. The molecule has 0 spiro atoms. The minimum atomic E-state index is -0.328. The van der Waals surface area contributed by atoms with Crippen molar-refractivity contribution in [2.45, 2.75) is 0 Å². The van der Waals surface area contributed by atoms with E-state index in [2.05, 4.69) is 6.58 Å². The summed E-state index contributed by atoms with van der Waals surface area (Å²) in [4.78, 5) is 22.8. The molecule has 1 aromatic rings. The maximum atomic E-state index is 11.5. The Labute approximate surface area is 81.4 Å². The van der Waals surface area contributed by atoms with Gasteiger partial charge in [0, 0.05) is 20.3 Å². The molecule has 1 rings (SSSR count). The van der Waals surface area contributed by atoms with Crippen molar-refractivity contribution in [3.05, 3.63) is 51.3 Å². The van der Waals surface area contributed by atoms with Gasteiger partial charge in [-0.15, -0.1) is 0 Å². The third-order valence-electron chi connectivity index (χ3n) is 1.88. The zero-order valence-corrected chi connectivity index (χ0v) is 8.23. The third kappa shape index (κ3) is 1.74. The van der Waals surface area contributed by atoms with Gasteiger partial charge in [-0.05, 0) is 6.08 Å². The second-order valence-corrected chi connectivity index (χ2v) is 2.94. The van der Waals surface area contributed by atoms with E-state index in [1.54, 1.807) is 25.3 Å². The first-order valence-electron chi connectivity index (χ1n) is 4.13. The van der Waals surface area contributed by atoms with Gasteiger partial charge >= 0.3 is 5.69 Å². The van der Waals surface area contributed by atoms with Crippen molar-refractivity contribution in [3.8, 4) is 0 Å². The van der Waals surface area contributed by atoms with Crippen molar-refractivity contribution in [2.24, 2.45) is 14.1 Å². The van der Waals surface area contributed by atoms with Gasteiger partial charge in [-0.25, -0.2) is 4.79 Å². The lowest BCUT2D eigenvalue weighted by Crippen LogP contribution is -2.37. The molecule has 0 aromatic carbocycles. The molecule has 0 fully saturated rings. The molecule has 0 N–H and O–H groups in total. The van der Waals surface area contributed by atoms with E-state index in [0.717, 1.165) is 4.57 Å². The number of nitrogens with zero attached hydrogens (tertiary/aromatic N) is 2. The summed E-state index contributed by atoms with van der Waals surface area (Å²) >= 11 is 0. The quantitative estimate of drug-likeness (QED) is 0.632.